The van der Waals surface area contributed by atoms with Crippen molar-refractivity contribution in [2.45, 2.75) is 109 Å². The Bertz CT molecular complexity index is 632. The molecule has 1 aromatic carbocycles. The number of rotatable bonds is 12. The topological polar surface area (TPSA) is 68.2 Å². The molecule has 1 aromatic rings. The fourth-order valence-corrected chi connectivity index (χ4v) is 4.74. The summed E-state index contributed by atoms with van der Waals surface area (Å²) in [5.41, 5.74) is 1.17. The van der Waals surface area contributed by atoms with Gasteiger partial charge in [0.25, 0.3) is 0 Å². The third-order valence-corrected chi connectivity index (χ3v) is 6.71. The van der Waals surface area contributed by atoms with Gasteiger partial charge in [-0.25, -0.2) is 0 Å². The predicted molar refractivity (Wildman–Crippen MR) is 116 cm³/mol. The maximum atomic E-state index is 8.89. The van der Waals surface area contributed by atoms with Crippen molar-refractivity contribution in [1.29, 1.82) is 0 Å². The number of aryl methyl sites for hydroxylation is 1. The highest BCUT2D eigenvalue weighted by atomic mass is 31.2. The van der Waals surface area contributed by atoms with Crippen LogP contribution in [0.2, 0.25) is 0 Å². The minimum Gasteiger partial charge on any atom is -0.490 e. The molecule has 0 amide bonds. The Morgan fingerprint density at radius 1 is 1.07 bits per heavy atom. The molecule has 0 radical (unpaired) electrons. The van der Waals surface area contributed by atoms with Gasteiger partial charge in [-0.15, -0.1) is 0 Å². The van der Waals surface area contributed by atoms with Crippen LogP contribution in [0.4, 0.5) is 0 Å². The molecule has 0 aromatic heterocycles. The molecule has 5 nitrogen and oxygen atoms in total. The van der Waals surface area contributed by atoms with Crippen molar-refractivity contribution in [2.24, 2.45) is 0 Å². The summed E-state index contributed by atoms with van der Waals surface area (Å²) in [6, 6.07) is 6.12. The molecule has 0 saturated heterocycles. The van der Waals surface area contributed by atoms with E-state index in [-0.39, 0.29) is 17.8 Å². The smallest absolute Gasteiger partial charge is 0.327 e. The molecule has 1 atom stereocenters. The quantitative estimate of drug-likeness (QED) is 0.316. The second-order valence-corrected chi connectivity index (χ2v) is 9.60. The summed E-state index contributed by atoms with van der Waals surface area (Å²) in [6.45, 7) is 4.51. The SMILES string of the molecule is CCCCCCCCCC1(C)CCc2cc(OC3CC(OP(O)O)C3)ccc2O1. The van der Waals surface area contributed by atoms with Gasteiger partial charge in [-0.05, 0) is 56.4 Å². The Morgan fingerprint density at radius 3 is 2.52 bits per heavy atom. The Kier molecular flexibility index (Phi) is 8.61. The van der Waals surface area contributed by atoms with Crippen LogP contribution in [0.25, 0.3) is 0 Å². The van der Waals surface area contributed by atoms with Crippen LogP contribution in [0.5, 0.6) is 11.5 Å². The molecule has 2 N–H and O–H groups in total. The van der Waals surface area contributed by atoms with Crippen LogP contribution in [-0.2, 0) is 10.9 Å². The van der Waals surface area contributed by atoms with E-state index in [2.05, 4.69) is 19.9 Å². The van der Waals surface area contributed by atoms with Crippen LogP contribution in [0.3, 0.4) is 0 Å². The van der Waals surface area contributed by atoms with Gasteiger partial charge in [-0.1, -0.05) is 45.4 Å². The first-order valence-corrected chi connectivity index (χ1v) is 12.5. The van der Waals surface area contributed by atoms with Gasteiger partial charge in [-0.3, -0.25) is 0 Å². The Hall–Kier alpha value is -0.870. The summed E-state index contributed by atoms with van der Waals surface area (Å²) in [5.74, 6) is 1.86. The van der Waals surface area contributed by atoms with Crippen LogP contribution in [0.15, 0.2) is 18.2 Å². The van der Waals surface area contributed by atoms with E-state index in [1.807, 2.05) is 12.1 Å². The van der Waals surface area contributed by atoms with Crippen molar-refractivity contribution in [3.05, 3.63) is 23.8 Å². The summed E-state index contributed by atoms with van der Waals surface area (Å²) >= 11 is 0. The summed E-state index contributed by atoms with van der Waals surface area (Å²) < 4.78 is 17.4. The number of hydrogen-bond donors (Lipinski definition) is 2. The number of ether oxygens (including phenoxy) is 2. The van der Waals surface area contributed by atoms with E-state index in [1.165, 1.54) is 50.5 Å². The van der Waals surface area contributed by atoms with E-state index in [9.17, 15) is 0 Å². The molecule has 6 heteroatoms. The van der Waals surface area contributed by atoms with Gasteiger partial charge >= 0.3 is 8.60 Å². The molecular weight excluding hydrogens is 387 g/mol. The van der Waals surface area contributed by atoms with Crippen molar-refractivity contribution in [3.8, 4) is 11.5 Å². The molecule has 2 aliphatic rings. The first kappa shape index (κ1) is 22.8. The zero-order valence-corrected chi connectivity index (χ0v) is 18.8. The normalized spacial score (nSPS) is 26.0. The monoisotopic (exact) mass is 424 g/mol. The molecule has 164 valence electrons. The molecule has 1 saturated carbocycles. The van der Waals surface area contributed by atoms with Crippen LogP contribution in [0.1, 0.15) is 90.0 Å². The van der Waals surface area contributed by atoms with Gasteiger partial charge in [0.1, 0.15) is 23.2 Å². The summed E-state index contributed by atoms with van der Waals surface area (Å²) in [7, 11) is -2.27. The third-order valence-electron chi connectivity index (χ3n) is 6.22. The molecule has 3 rings (SSSR count). The number of benzene rings is 1. The highest BCUT2D eigenvalue weighted by Gasteiger charge is 2.34. The molecule has 1 heterocycles. The lowest BCUT2D eigenvalue weighted by atomic mass is 9.88. The zero-order valence-electron chi connectivity index (χ0n) is 17.9. The predicted octanol–water partition coefficient (Wildman–Crippen LogP) is 6.05. The Labute approximate surface area is 176 Å². The average Bonchev–Trinajstić information content (AvgIpc) is 2.65. The van der Waals surface area contributed by atoms with Gasteiger partial charge in [-0.2, -0.15) is 0 Å². The maximum Gasteiger partial charge on any atom is 0.327 e. The van der Waals surface area contributed by atoms with E-state index in [0.717, 1.165) is 30.8 Å². The minimum atomic E-state index is -2.27. The number of fused-ring (bicyclic) bond motifs is 1. The van der Waals surface area contributed by atoms with Crippen molar-refractivity contribution >= 4 is 8.60 Å². The fourth-order valence-electron chi connectivity index (χ4n) is 4.30. The maximum absolute atomic E-state index is 8.89. The summed E-state index contributed by atoms with van der Waals surface area (Å²) in [6.07, 6.45) is 13.9. The number of hydrogen-bond acceptors (Lipinski definition) is 5. The highest BCUT2D eigenvalue weighted by Crippen LogP contribution is 2.40. The van der Waals surface area contributed by atoms with E-state index in [1.54, 1.807) is 0 Å². The molecule has 1 aliphatic carbocycles. The molecule has 1 unspecified atom stereocenters. The van der Waals surface area contributed by atoms with E-state index >= 15 is 0 Å². The third kappa shape index (κ3) is 7.10. The molecule has 0 spiro atoms. The van der Waals surface area contributed by atoms with Crippen LogP contribution in [-0.4, -0.2) is 27.6 Å². The van der Waals surface area contributed by atoms with Crippen molar-refractivity contribution < 1.29 is 23.8 Å². The number of unbranched alkanes of at least 4 members (excludes halogenated alkanes) is 6. The Balaban J connectivity index is 1.40. The lowest BCUT2D eigenvalue weighted by Crippen LogP contribution is -2.38. The zero-order chi connectivity index (χ0) is 20.7. The van der Waals surface area contributed by atoms with E-state index in [0.29, 0.717) is 12.8 Å². The second kappa shape index (κ2) is 10.9. The van der Waals surface area contributed by atoms with Crippen LogP contribution < -0.4 is 9.47 Å². The van der Waals surface area contributed by atoms with Gasteiger partial charge in [0.05, 0.1) is 6.10 Å². The second-order valence-electron chi connectivity index (χ2n) is 8.88. The van der Waals surface area contributed by atoms with Gasteiger partial charge in [0.2, 0.25) is 0 Å². The van der Waals surface area contributed by atoms with Crippen LogP contribution in [0, 0.1) is 0 Å². The van der Waals surface area contributed by atoms with Gasteiger partial charge in [0.15, 0.2) is 0 Å². The summed E-state index contributed by atoms with van der Waals surface area (Å²) in [4.78, 5) is 17.8. The standard InChI is InChI=1S/C23H37O5P/c1-3-4-5-6-7-8-9-13-23(2)14-12-18-15-19(10-11-22(18)27-23)26-20-16-21(17-20)28-29(24)25/h10-11,15,20-21,24-25H,3-9,12-14,16-17H2,1-2H3. The lowest BCUT2D eigenvalue weighted by Gasteiger charge is -2.37. The minimum absolute atomic E-state index is 0.0513. The molecule has 0 bridgehead atoms. The lowest BCUT2D eigenvalue weighted by molar-refractivity contribution is -0.00144. The average molecular weight is 425 g/mol. The summed E-state index contributed by atoms with van der Waals surface area (Å²) in [5, 5.41) is 0. The fraction of sp³-hybridized carbons (Fsp3) is 0.739. The van der Waals surface area contributed by atoms with Crippen molar-refractivity contribution in [1.82, 2.24) is 0 Å². The van der Waals surface area contributed by atoms with E-state index in [4.69, 9.17) is 23.8 Å². The molecular formula is C23H37O5P. The first-order valence-electron chi connectivity index (χ1n) is 11.3. The molecule has 1 aliphatic heterocycles. The largest absolute Gasteiger partial charge is 0.490 e. The highest BCUT2D eigenvalue weighted by molar-refractivity contribution is 7.39. The van der Waals surface area contributed by atoms with Crippen molar-refractivity contribution in [3.63, 3.8) is 0 Å². The van der Waals surface area contributed by atoms with E-state index < -0.39 is 8.60 Å². The molecule has 29 heavy (non-hydrogen) atoms. The van der Waals surface area contributed by atoms with Gasteiger partial charge in [0, 0.05) is 12.8 Å². The molecule has 1 fully saturated rings. The van der Waals surface area contributed by atoms with Crippen molar-refractivity contribution in [2.75, 3.05) is 0 Å². The Morgan fingerprint density at radius 2 is 1.79 bits per heavy atom. The first-order chi connectivity index (χ1) is 14.0. The van der Waals surface area contributed by atoms with Crippen LogP contribution >= 0.6 is 8.60 Å². The van der Waals surface area contributed by atoms with Gasteiger partial charge < -0.3 is 23.8 Å².